The molecule has 0 atom stereocenters. The van der Waals surface area contributed by atoms with Crippen molar-refractivity contribution < 1.29 is 0 Å². The van der Waals surface area contributed by atoms with Crippen molar-refractivity contribution in [2.45, 2.75) is 6.42 Å². The minimum atomic E-state index is 0.903. The maximum absolute atomic E-state index is 4.01. The van der Waals surface area contributed by atoms with Gasteiger partial charge in [-0.15, -0.1) is 0 Å². The number of aromatic nitrogens is 2. The third-order valence-corrected chi connectivity index (χ3v) is 3.03. The summed E-state index contributed by atoms with van der Waals surface area (Å²) in [5.74, 6) is 0. The van der Waals surface area contributed by atoms with Gasteiger partial charge in [-0.3, -0.25) is 0 Å². The normalized spacial score (nSPS) is 10.7. The summed E-state index contributed by atoms with van der Waals surface area (Å²) < 4.78 is 0. The van der Waals surface area contributed by atoms with Crippen molar-refractivity contribution >= 4 is 16.5 Å². The molecule has 0 radical (unpaired) electrons. The smallest absolute Gasteiger partial charge is 0.0921 e. The molecule has 0 bridgehead atoms. The molecule has 90 valence electrons. The van der Waals surface area contributed by atoms with E-state index in [0.717, 1.165) is 24.3 Å². The summed E-state index contributed by atoms with van der Waals surface area (Å²) in [6, 6.07) is 14.8. The predicted molar refractivity (Wildman–Crippen MR) is 74.7 cm³/mol. The van der Waals surface area contributed by atoms with Gasteiger partial charge in [0.1, 0.15) is 0 Å². The summed E-state index contributed by atoms with van der Waals surface area (Å²) in [6.07, 6.45) is 4.53. The molecule has 0 amide bonds. The third-order valence-electron chi connectivity index (χ3n) is 3.03. The summed E-state index contributed by atoms with van der Waals surface area (Å²) in [7, 11) is 0. The molecule has 0 unspecified atom stereocenters. The van der Waals surface area contributed by atoms with E-state index in [4.69, 9.17) is 0 Å². The molecule has 3 rings (SSSR count). The second-order valence-electron chi connectivity index (χ2n) is 4.32. The first-order chi connectivity index (χ1) is 8.92. The van der Waals surface area contributed by atoms with Crippen LogP contribution in [0, 0.1) is 0 Å². The summed E-state index contributed by atoms with van der Waals surface area (Å²) in [4.78, 5) is 7.11. The highest BCUT2D eigenvalue weighted by atomic mass is 14.9. The zero-order valence-corrected chi connectivity index (χ0v) is 10.1. The Morgan fingerprint density at radius 3 is 2.78 bits per heavy atom. The maximum Gasteiger partial charge on any atom is 0.0921 e. The first-order valence-electron chi connectivity index (χ1n) is 6.12. The number of H-pyrrole nitrogens is 1. The number of anilines is 1. The molecular formula is C15H15N3. The van der Waals surface area contributed by atoms with Crippen molar-refractivity contribution in [2.24, 2.45) is 0 Å². The van der Waals surface area contributed by atoms with Crippen LogP contribution in [0.15, 0.2) is 55.0 Å². The van der Waals surface area contributed by atoms with Gasteiger partial charge in [-0.2, -0.15) is 0 Å². The molecule has 0 aliphatic heterocycles. The van der Waals surface area contributed by atoms with Crippen molar-refractivity contribution in [3.8, 4) is 0 Å². The van der Waals surface area contributed by atoms with Crippen molar-refractivity contribution in [1.29, 1.82) is 0 Å². The van der Waals surface area contributed by atoms with E-state index in [0.29, 0.717) is 0 Å². The van der Waals surface area contributed by atoms with E-state index in [1.807, 2.05) is 6.20 Å². The van der Waals surface area contributed by atoms with Crippen molar-refractivity contribution in [1.82, 2.24) is 9.97 Å². The quantitative estimate of drug-likeness (QED) is 0.731. The fourth-order valence-electron chi connectivity index (χ4n) is 2.06. The Morgan fingerprint density at radius 1 is 1.06 bits per heavy atom. The number of rotatable bonds is 4. The first-order valence-corrected chi connectivity index (χ1v) is 6.12. The van der Waals surface area contributed by atoms with Crippen LogP contribution in [0.3, 0.4) is 0 Å². The molecule has 0 saturated carbocycles. The van der Waals surface area contributed by atoms with Gasteiger partial charge < -0.3 is 10.3 Å². The Morgan fingerprint density at radius 2 is 1.94 bits per heavy atom. The first kappa shape index (κ1) is 10.8. The van der Waals surface area contributed by atoms with Crippen molar-refractivity contribution in [3.05, 3.63) is 60.7 Å². The molecular weight excluding hydrogens is 222 g/mol. The molecule has 2 aromatic carbocycles. The van der Waals surface area contributed by atoms with Gasteiger partial charge in [-0.25, -0.2) is 4.98 Å². The molecule has 2 N–H and O–H groups in total. The van der Waals surface area contributed by atoms with Crippen LogP contribution in [-0.4, -0.2) is 16.5 Å². The average Bonchev–Trinajstić information content (AvgIpc) is 2.92. The fraction of sp³-hybridized carbons (Fsp3) is 0.133. The number of aromatic amines is 1. The monoisotopic (exact) mass is 237 g/mol. The molecule has 18 heavy (non-hydrogen) atoms. The lowest BCUT2D eigenvalue weighted by Gasteiger charge is -2.06. The minimum absolute atomic E-state index is 0.903. The average molecular weight is 237 g/mol. The molecule has 1 aromatic heterocycles. The van der Waals surface area contributed by atoms with Gasteiger partial charge in [0, 0.05) is 30.5 Å². The molecule has 0 aliphatic carbocycles. The van der Waals surface area contributed by atoms with Gasteiger partial charge in [-0.1, -0.05) is 30.3 Å². The van der Waals surface area contributed by atoms with Crippen LogP contribution in [-0.2, 0) is 6.42 Å². The Bertz CT molecular complexity index is 629. The Balaban J connectivity index is 1.67. The molecule has 0 spiro atoms. The third kappa shape index (κ3) is 2.35. The largest absolute Gasteiger partial charge is 0.385 e. The highest BCUT2D eigenvalue weighted by molar-refractivity contribution is 5.85. The summed E-state index contributed by atoms with van der Waals surface area (Å²) in [5.41, 5.74) is 2.32. The van der Waals surface area contributed by atoms with Gasteiger partial charge in [-0.05, 0) is 22.9 Å². The fourth-order valence-corrected chi connectivity index (χ4v) is 2.06. The lowest BCUT2D eigenvalue weighted by Crippen LogP contribution is -2.04. The van der Waals surface area contributed by atoms with Gasteiger partial charge >= 0.3 is 0 Å². The van der Waals surface area contributed by atoms with Crippen molar-refractivity contribution in [2.75, 3.05) is 11.9 Å². The molecule has 0 aliphatic rings. The lowest BCUT2D eigenvalue weighted by molar-refractivity contribution is 0.977. The van der Waals surface area contributed by atoms with E-state index < -0.39 is 0 Å². The van der Waals surface area contributed by atoms with Crippen LogP contribution < -0.4 is 5.32 Å². The van der Waals surface area contributed by atoms with E-state index in [2.05, 4.69) is 57.7 Å². The summed E-state index contributed by atoms with van der Waals surface area (Å²) >= 11 is 0. The van der Waals surface area contributed by atoms with Crippen LogP contribution >= 0.6 is 0 Å². The zero-order valence-electron chi connectivity index (χ0n) is 10.1. The number of hydrogen-bond acceptors (Lipinski definition) is 2. The van der Waals surface area contributed by atoms with Crippen LogP contribution in [0.1, 0.15) is 5.69 Å². The molecule has 1 heterocycles. The Kier molecular flexibility index (Phi) is 2.96. The summed E-state index contributed by atoms with van der Waals surface area (Å²) in [6.45, 7) is 0.903. The number of benzene rings is 2. The highest BCUT2D eigenvalue weighted by Gasteiger charge is 1.97. The maximum atomic E-state index is 4.01. The predicted octanol–water partition coefficient (Wildman–Crippen LogP) is 3.22. The number of nitrogens with zero attached hydrogens (tertiary/aromatic N) is 1. The van der Waals surface area contributed by atoms with Gasteiger partial charge in [0.05, 0.1) is 6.33 Å². The van der Waals surface area contributed by atoms with Crippen LogP contribution in [0.25, 0.3) is 10.8 Å². The van der Waals surface area contributed by atoms with Gasteiger partial charge in [0.2, 0.25) is 0 Å². The zero-order chi connectivity index (χ0) is 12.2. The second-order valence-corrected chi connectivity index (χ2v) is 4.32. The van der Waals surface area contributed by atoms with Gasteiger partial charge in [0.15, 0.2) is 0 Å². The molecule has 3 heteroatoms. The van der Waals surface area contributed by atoms with Crippen LogP contribution in [0.5, 0.6) is 0 Å². The number of imidazole rings is 1. The topological polar surface area (TPSA) is 40.7 Å². The lowest BCUT2D eigenvalue weighted by atomic mass is 10.1. The second kappa shape index (κ2) is 4.92. The van der Waals surface area contributed by atoms with E-state index >= 15 is 0 Å². The van der Waals surface area contributed by atoms with E-state index in [9.17, 15) is 0 Å². The number of nitrogens with one attached hydrogen (secondary N) is 2. The number of hydrogen-bond donors (Lipinski definition) is 2. The Hall–Kier alpha value is -2.29. The van der Waals surface area contributed by atoms with Crippen LogP contribution in [0.4, 0.5) is 5.69 Å². The van der Waals surface area contributed by atoms with Crippen LogP contribution in [0.2, 0.25) is 0 Å². The molecule has 3 nitrogen and oxygen atoms in total. The van der Waals surface area contributed by atoms with E-state index in [1.165, 1.54) is 10.8 Å². The molecule has 3 aromatic rings. The standard InChI is InChI=1S/C15H15N3/c1-2-4-13-9-14(6-5-12(13)3-1)17-8-7-15-10-16-11-18-15/h1-6,9-11,17H,7-8H2,(H,16,18). The Labute approximate surface area is 106 Å². The summed E-state index contributed by atoms with van der Waals surface area (Å²) in [5, 5.41) is 5.97. The number of fused-ring (bicyclic) bond motifs is 1. The molecule has 0 saturated heterocycles. The molecule has 0 fully saturated rings. The van der Waals surface area contributed by atoms with E-state index in [-0.39, 0.29) is 0 Å². The van der Waals surface area contributed by atoms with Gasteiger partial charge in [0.25, 0.3) is 0 Å². The highest BCUT2D eigenvalue weighted by Crippen LogP contribution is 2.18. The van der Waals surface area contributed by atoms with Crippen molar-refractivity contribution in [3.63, 3.8) is 0 Å². The minimum Gasteiger partial charge on any atom is -0.385 e. The SMILES string of the molecule is c1ccc2cc(NCCc3cnc[nH]3)ccc2c1. The van der Waals surface area contributed by atoms with E-state index in [1.54, 1.807) is 6.33 Å².